The fourth-order valence-corrected chi connectivity index (χ4v) is 1.63. The van der Waals surface area contributed by atoms with Gasteiger partial charge in [-0.3, -0.25) is 4.79 Å². The van der Waals surface area contributed by atoms with E-state index in [1.165, 1.54) is 6.42 Å². The van der Waals surface area contributed by atoms with E-state index in [1.54, 1.807) is 0 Å². The molecule has 94 valence electrons. The topological polar surface area (TPSA) is 32.3 Å². The molecule has 1 aliphatic rings. The van der Waals surface area contributed by atoms with Gasteiger partial charge in [-0.2, -0.15) is 0 Å². The molecule has 3 nitrogen and oxygen atoms in total. The Morgan fingerprint density at radius 3 is 2.24 bits per heavy atom. The van der Waals surface area contributed by atoms with Gasteiger partial charge in [-0.25, -0.2) is 0 Å². The summed E-state index contributed by atoms with van der Waals surface area (Å²) in [4.78, 5) is 13.8. The van der Waals surface area contributed by atoms with Gasteiger partial charge in [0.1, 0.15) is 0 Å². The van der Waals surface area contributed by atoms with Crippen molar-refractivity contribution in [3.05, 3.63) is 35.9 Å². The summed E-state index contributed by atoms with van der Waals surface area (Å²) >= 11 is 0. The molecule has 1 saturated heterocycles. The second kappa shape index (κ2) is 7.85. The van der Waals surface area contributed by atoms with Crippen molar-refractivity contribution in [1.29, 1.82) is 0 Å². The van der Waals surface area contributed by atoms with Crippen LogP contribution >= 0.6 is 0 Å². The summed E-state index contributed by atoms with van der Waals surface area (Å²) in [6.07, 6.45) is 1.25. The third-order valence-corrected chi connectivity index (χ3v) is 2.42. The highest BCUT2D eigenvalue weighted by molar-refractivity contribution is 5.94. The summed E-state index contributed by atoms with van der Waals surface area (Å²) in [5.41, 5.74) is 0.786. The van der Waals surface area contributed by atoms with Gasteiger partial charge in [0, 0.05) is 31.7 Å². The van der Waals surface area contributed by atoms with E-state index in [9.17, 15) is 4.79 Å². The van der Waals surface area contributed by atoms with Crippen molar-refractivity contribution in [3.63, 3.8) is 0 Å². The molecule has 1 aliphatic heterocycles. The largest absolute Gasteiger partial charge is 0.336 e. The molecule has 1 aromatic carbocycles. The highest BCUT2D eigenvalue weighted by atomic mass is 16.2. The van der Waals surface area contributed by atoms with Gasteiger partial charge < -0.3 is 10.2 Å². The van der Waals surface area contributed by atoms with Crippen LogP contribution in [0.1, 0.15) is 30.6 Å². The lowest BCUT2D eigenvalue weighted by Gasteiger charge is -2.27. The smallest absolute Gasteiger partial charge is 0.253 e. The van der Waals surface area contributed by atoms with Gasteiger partial charge in [0.05, 0.1) is 0 Å². The zero-order chi connectivity index (χ0) is 12.5. The summed E-state index contributed by atoms with van der Waals surface area (Å²) in [5.74, 6) is 0.145. The normalized spacial score (nSPS) is 14.8. The monoisotopic (exact) mass is 234 g/mol. The van der Waals surface area contributed by atoms with E-state index in [0.29, 0.717) is 0 Å². The fourth-order valence-electron chi connectivity index (χ4n) is 1.63. The van der Waals surface area contributed by atoms with Gasteiger partial charge in [0.15, 0.2) is 0 Å². The van der Waals surface area contributed by atoms with Crippen LogP contribution in [0, 0.1) is 0 Å². The molecular formula is C14H22N2O. The number of benzene rings is 1. The lowest BCUT2D eigenvalue weighted by molar-refractivity contribution is 0.0736. The van der Waals surface area contributed by atoms with Crippen LogP contribution in [0.4, 0.5) is 0 Å². The van der Waals surface area contributed by atoms with Crippen LogP contribution < -0.4 is 5.32 Å². The van der Waals surface area contributed by atoms with Crippen molar-refractivity contribution < 1.29 is 4.79 Å². The molecule has 1 aromatic rings. The third-order valence-electron chi connectivity index (χ3n) is 2.42. The number of piperazine rings is 1. The lowest BCUT2D eigenvalue weighted by atomic mass is 10.2. The van der Waals surface area contributed by atoms with E-state index in [4.69, 9.17) is 0 Å². The standard InChI is InChI=1S/C11H14N2O.C3H8/c14-11(10-4-2-1-3-5-10)13-8-6-12-7-9-13;1-3-2/h1-5,12H,6-9H2;3H2,1-2H3. The van der Waals surface area contributed by atoms with Gasteiger partial charge >= 0.3 is 0 Å². The Balaban J connectivity index is 0.000000437. The molecule has 0 unspecified atom stereocenters. The van der Waals surface area contributed by atoms with Crippen molar-refractivity contribution in [1.82, 2.24) is 10.2 Å². The lowest BCUT2D eigenvalue weighted by Crippen LogP contribution is -2.46. The van der Waals surface area contributed by atoms with E-state index in [0.717, 1.165) is 31.7 Å². The van der Waals surface area contributed by atoms with Crippen LogP contribution in [0.2, 0.25) is 0 Å². The summed E-state index contributed by atoms with van der Waals surface area (Å²) in [6.45, 7) is 7.68. The average Bonchev–Trinajstić information content (AvgIpc) is 2.41. The molecule has 0 spiro atoms. The maximum atomic E-state index is 11.9. The molecule has 0 saturated carbocycles. The zero-order valence-electron chi connectivity index (χ0n) is 10.8. The number of hydrogen-bond donors (Lipinski definition) is 1. The van der Waals surface area contributed by atoms with E-state index in [2.05, 4.69) is 19.2 Å². The van der Waals surface area contributed by atoms with E-state index in [1.807, 2.05) is 35.2 Å². The Hall–Kier alpha value is -1.35. The maximum absolute atomic E-state index is 11.9. The molecule has 0 radical (unpaired) electrons. The summed E-state index contributed by atoms with van der Waals surface area (Å²) < 4.78 is 0. The maximum Gasteiger partial charge on any atom is 0.253 e. The van der Waals surface area contributed by atoms with Gasteiger partial charge in [0.2, 0.25) is 0 Å². The number of carbonyl (C=O) groups excluding carboxylic acids is 1. The number of amides is 1. The van der Waals surface area contributed by atoms with E-state index < -0.39 is 0 Å². The van der Waals surface area contributed by atoms with Crippen molar-refractivity contribution in [2.75, 3.05) is 26.2 Å². The molecule has 1 heterocycles. The van der Waals surface area contributed by atoms with Crippen molar-refractivity contribution in [2.45, 2.75) is 20.3 Å². The molecule has 0 atom stereocenters. The molecule has 0 aliphatic carbocycles. The van der Waals surface area contributed by atoms with E-state index >= 15 is 0 Å². The molecule has 1 N–H and O–H groups in total. The summed E-state index contributed by atoms with van der Waals surface area (Å²) in [5, 5.41) is 3.23. The predicted octanol–water partition coefficient (Wildman–Crippen LogP) is 2.15. The molecule has 2 rings (SSSR count). The van der Waals surface area contributed by atoms with Gasteiger partial charge in [-0.1, -0.05) is 38.5 Å². The average molecular weight is 234 g/mol. The Labute approximate surface area is 104 Å². The first kappa shape index (κ1) is 13.7. The van der Waals surface area contributed by atoms with Crippen LogP contribution in [-0.4, -0.2) is 37.0 Å². The molecule has 0 bridgehead atoms. The predicted molar refractivity (Wildman–Crippen MR) is 71.2 cm³/mol. The Kier molecular flexibility index (Phi) is 6.33. The molecule has 17 heavy (non-hydrogen) atoms. The quantitative estimate of drug-likeness (QED) is 0.807. The second-order valence-electron chi connectivity index (χ2n) is 4.12. The Morgan fingerprint density at radius 2 is 1.71 bits per heavy atom. The summed E-state index contributed by atoms with van der Waals surface area (Å²) in [6, 6.07) is 9.45. The molecule has 1 fully saturated rings. The molecule has 3 heteroatoms. The number of nitrogens with one attached hydrogen (secondary N) is 1. The van der Waals surface area contributed by atoms with Crippen molar-refractivity contribution in [3.8, 4) is 0 Å². The van der Waals surface area contributed by atoms with Gasteiger partial charge in [-0.15, -0.1) is 0 Å². The SMILES string of the molecule is CCC.O=C(c1ccccc1)N1CCNCC1. The van der Waals surface area contributed by atoms with Crippen LogP contribution in [-0.2, 0) is 0 Å². The second-order valence-corrected chi connectivity index (χ2v) is 4.12. The Bertz CT molecular complexity index is 318. The minimum absolute atomic E-state index is 0.145. The number of hydrogen-bond acceptors (Lipinski definition) is 2. The van der Waals surface area contributed by atoms with Crippen LogP contribution in [0.25, 0.3) is 0 Å². The van der Waals surface area contributed by atoms with Gasteiger partial charge in [0.25, 0.3) is 5.91 Å². The Morgan fingerprint density at radius 1 is 1.18 bits per heavy atom. The van der Waals surface area contributed by atoms with Crippen molar-refractivity contribution >= 4 is 5.91 Å². The third kappa shape index (κ3) is 4.57. The number of rotatable bonds is 1. The van der Waals surface area contributed by atoms with Crippen molar-refractivity contribution in [2.24, 2.45) is 0 Å². The van der Waals surface area contributed by atoms with Crippen LogP contribution in [0.15, 0.2) is 30.3 Å². The highest BCUT2D eigenvalue weighted by Crippen LogP contribution is 2.05. The van der Waals surface area contributed by atoms with Gasteiger partial charge in [-0.05, 0) is 12.1 Å². The van der Waals surface area contributed by atoms with E-state index in [-0.39, 0.29) is 5.91 Å². The van der Waals surface area contributed by atoms with Crippen LogP contribution in [0.5, 0.6) is 0 Å². The first-order valence-electron chi connectivity index (χ1n) is 6.34. The molecule has 1 amide bonds. The molecular weight excluding hydrogens is 212 g/mol. The highest BCUT2D eigenvalue weighted by Gasteiger charge is 2.16. The number of nitrogens with zero attached hydrogens (tertiary/aromatic N) is 1. The number of carbonyl (C=O) groups is 1. The first-order valence-corrected chi connectivity index (χ1v) is 6.34. The first-order chi connectivity index (χ1) is 8.29. The fraction of sp³-hybridized carbons (Fsp3) is 0.500. The summed E-state index contributed by atoms with van der Waals surface area (Å²) in [7, 11) is 0. The molecule has 0 aromatic heterocycles. The minimum atomic E-state index is 0.145. The van der Waals surface area contributed by atoms with Crippen LogP contribution in [0.3, 0.4) is 0 Å². The minimum Gasteiger partial charge on any atom is -0.336 e. The zero-order valence-corrected chi connectivity index (χ0v) is 10.8.